The molecule has 0 aromatic heterocycles. The van der Waals surface area contributed by atoms with E-state index in [2.05, 4.69) is 22.5 Å². The van der Waals surface area contributed by atoms with Crippen molar-refractivity contribution in [3.8, 4) is 5.75 Å². The molecule has 0 spiro atoms. The first-order valence-corrected chi connectivity index (χ1v) is 11.3. The maximum absolute atomic E-state index is 13.5. The SMILES string of the molecule is C=CCOc1ccc(C=C2C(=O)N(c3ccccc3)C(=S)N(c3ccccc3)C2=O)cc1Br. The molecule has 0 aliphatic carbocycles. The fraction of sp³-hybridized carbons (Fsp3) is 0.0385. The summed E-state index contributed by atoms with van der Waals surface area (Å²) >= 11 is 9.09. The summed E-state index contributed by atoms with van der Waals surface area (Å²) in [6.07, 6.45) is 3.22. The number of halogens is 1. The maximum atomic E-state index is 13.5. The monoisotopic (exact) mass is 518 g/mol. The molecule has 5 nitrogen and oxygen atoms in total. The third-order valence-corrected chi connectivity index (χ3v) is 5.89. The highest BCUT2D eigenvalue weighted by Crippen LogP contribution is 2.31. The van der Waals surface area contributed by atoms with Gasteiger partial charge in [-0.3, -0.25) is 19.4 Å². The second-order valence-electron chi connectivity index (χ2n) is 7.08. The molecule has 0 N–H and O–H groups in total. The van der Waals surface area contributed by atoms with Crippen LogP contribution in [-0.2, 0) is 9.59 Å². The average Bonchev–Trinajstić information content (AvgIpc) is 2.83. The Hall–Kier alpha value is -3.55. The highest BCUT2D eigenvalue weighted by Gasteiger charge is 2.41. The number of hydrogen-bond donors (Lipinski definition) is 0. The van der Waals surface area contributed by atoms with Gasteiger partial charge in [-0.1, -0.05) is 55.1 Å². The highest BCUT2D eigenvalue weighted by atomic mass is 79.9. The number of anilines is 2. The quantitative estimate of drug-likeness (QED) is 0.180. The van der Waals surface area contributed by atoms with Crippen molar-refractivity contribution in [1.29, 1.82) is 0 Å². The summed E-state index contributed by atoms with van der Waals surface area (Å²) in [7, 11) is 0. The number of rotatable bonds is 6. The van der Waals surface area contributed by atoms with E-state index in [1.807, 2.05) is 36.4 Å². The number of carbonyl (C=O) groups excluding carboxylic acids is 2. The van der Waals surface area contributed by atoms with Crippen molar-refractivity contribution in [2.45, 2.75) is 0 Å². The zero-order chi connectivity index (χ0) is 23.4. The minimum atomic E-state index is -0.480. The van der Waals surface area contributed by atoms with Crippen molar-refractivity contribution < 1.29 is 14.3 Å². The van der Waals surface area contributed by atoms with Gasteiger partial charge in [-0.15, -0.1) is 0 Å². The molecule has 1 aliphatic rings. The Bertz CT molecular complexity index is 1200. The van der Waals surface area contributed by atoms with Crippen molar-refractivity contribution >= 4 is 62.5 Å². The smallest absolute Gasteiger partial charge is 0.270 e. The predicted octanol–water partition coefficient (Wildman–Crippen LogP) is 5.76. The van der Waals surface area contributed by atoms with Crippen molar-refractivity contribution in [2.75, 3.05) is 16.4 Å². The largest absolute Gasteiger partial charge is 0.488 e. The van der Waals surface area contributed by atoms with Gasteiger partial charge in [-0.05, 0) is 76.2 Å². The molecule has 1 fully saturated rings. The van der Waals surface area contributed by atoms with Crippen LogP contribution >= 0.6 is 28.1 Å². The van der Waals surface area contributed by atoms with Crippen LogP contribution in [-0.4, -0.2) is 23.5 Å². The molecule has 0 bridgehead atoms. The Morgan fingerprint density at radius 3 is 1.91 bits per heavy atom. The van der Waals surface area contributed by atoms with Gasteiger partial charge >= 0.3 is 0 Å². The number of nitrogens with zero attached hydrogens (tertiary/aromatic N) is 2. The fourth-order valence-corrected chi connectivity index (χ4v) is 4.27. The summed E-state index contributed by atoms with van der Waals surface area (Å²) < 4.78 is 6.28. The standard InChI is InChI=1S/C26H19BrN2O3S/c1-2-15-32-23-14-13-18(17-22(23)27)16-21-24(30)28(19-9-5-3-6-10-19)26(33)29(25(21)31)20-11-7-4-8-12-20/h2-14,16-17H,1,15H2. The summed E-state index contributed by atoms with van der Waals surface area (Å²) in [4.78, 5) is 29.8. The molecule has 1 aliphatic heterocycles. The summed E-state index contributed by atoms with van der Waals surface area (Å²) in [5.74, 6) is -0.325. The van der Waals surface area contributed by atoms with E-state index < -0.39 is 11.8 Å². The first kappa shape index (κ1) is 22.6. The number of thiocarbonyl (C=S) groups is 1. The lowest BCUT2D eigenvalue weighted by Crippen LogP contribution is -2.56. The number of amides is 2. The summed E-state index contributed by atoms with van der Waals surface area (Å²) in [6, 6.07) is 23.4. The fourth-order valence-electron chi connectivity index (χ4n) is 3.38. The Morgan fingerprint density at radius 2 is 1.42 bits per heavy atom. The third kappa shape index (κ3) is 4.65. The number of benzene rings is 3. The van der Waals surface area contributed by atoms with E-state index in [0.717, 1.165) is 0 Å². The lowest BCUT2D eigenvalue weighted by atomic mass is 10.0. The van der Waals surface area contributed by atoms with Crippen molar-refractivity contribution in [2.24, 2.45) is 0 Å². The van der Waals surface area contributed by atoms with Crippen LogP contribution < -0.4 is 14.5 Å². The van der Waals surface area contributed by atoms with Crippen LogP contribution in [0.1, 0.15) is 5.56 Å². The van der Waals surface area contributed by atoms with E-state index in [1.165, 1.54) is 9.80 Å². The van der Waals surface area contributed by atoms with Gasteiger partial charge in [0.15, 0.2) is 5.11 Å². The van der Waals surface area contributed by atoms with Crippen LogP contribution in [0.5, 0.6) is 5.75 Å². The van der Waals surface area contributed by atoms with Gasteiger partial charge in [0.05, 0.1) is 15.8 Å². The third-order valence-electron chi connectivity index (χ3n) is 4.90. The molecule has 3 aromatic rings. The molecule has 2 amide bonds. The molecule has 4 rings (SSSR count). The second kappa shape index (κ2) is 9.94. The molecule has 3 aromatic carbocycles. The van der Waals surface area contributed by atoms with Gasteiger partial charge in [-0.2, -0.15) is 0 Å². The Balaban J connectivity index is 1.80. The molecule has 0 saturated carbocycles. The molecule has 0 unspecified atom stereocenters. The molecule has 7 heteroatoms. The lowest BCUT2D eigenvalue weighted by Gasteiger charge is -2.36. The van der Waals surface area contributed by atoms with Gasteiger partial charge < -0.3 is 4.74 Å². The van der Waals surface area contributed by atoms with Crippen molar-refractivity contribution in [3.63, 3.8) is 0 Å². The van der Waals surface area contributed by atoms with Crippen LogP contribution in [0, 0.1) is 0 Å². The van der Waals surface area contributed by atoms with E-state index in [4.69, 9.17) is 17.0 Å². The number of ether oxygens (including phenoxy) is 1. The molecule has 0 atom stereocenters. The number of para-hydroxylation sites is 2. The molecule has 0 radical (unpaired) electrons. The highest BCUT2D eigenvalue weighted by molar-refractivity contribution is 9.10. The van der Waals surface area contributed by atoms with Crippen molar-refractivity contribution in [3.05, 3.63) is 107 Å². The first-order chi connectivity index (χ1) is 16.0. The molecular weight excluding hydrogens is 500 g/mol. The van der Waals surface area contributed by atoms with Gasteiger partial charge in [0.25, 0.3) is 11.8 Å². The topological polar surface area (TPSA) is 49.9 Å². The summed E-state index contributed by atoms with van der Waals surface area (Å²) in [6.45, 7) is 4.01. The lowest BCUT2D eigenvalue weighted by molar-refractivity contribution is -0.120. The average molecular weight is 519 g/mol. The first-order valence-electron chi connectivity index (χ1n) is 10.1. The van der Waals surface area contributed by atoms with Gasteiger partial charge in [0.2, 0.25) is 0 Å². The molecule has 33 heavy (non-hydrogen) atoms. The van der Waals surface area contributed by atoms with Crippen LogP contribution in [0.3, 0.4) is 0 Å². The molecular formula is C26H19BrN2O3S. The molecule has 1 saturated heterocycles. The maximum Gasteiger partial charge on any atom is 0.270 e. The Labute approximate surface area is 205 Å². The zero-order valence-corrected chi connectivity index (χ0v) is 19.9. The molecule has 164 valence electrons. The van der Waals surface area contributed by atoms with Crippen LogP contribution in [0.2, 0.25) is 0 Å². The Morgan fingerprint density at radius 1 is 0.879 bits per heavy atom. The van der Waals surface area contributed by atoms with Gasteiger partial charge in [0, 0.05) is 0 Å². The Kier molecular flexibility index (Phi) is 6.82. The van der Waals surface area contributed by atoms with E-state index in [-0.39, 0.29) is 10.7 Å². The van der Waals surface area contributed by atoms with Crippen LogP contribution in [0.4, 0.5) is 11.4 Å². The van der Waals surface area contributed by atoms with Crippen LogP contribution in [0.25, 0.3) is 6.08 Å². The zero-order valence-electron chi connectivity index (χ0n) is 17.5. The van der Waals surface area contributed by atoms with E-state index in [1.54, 1.807) is 54.6 Å². The van der Waals surface area contributed by atoms with E-state index >= 15 is 0 Å². The number of carbonyl (C=O) groups is 2. The number of hydrogen-bond acceptors (Lipinski definition) is 4. The minimum Gasteiger partial charge on any atom is -0.488 e. The van der Waals surface area contributed by atoms with Gasteiger partial charge in [-0.25, -0.2) is 0 Å². The molecule has 1 heterocycles. The van der Waals surface area contributed by atoms with Crippen LogP contribution in [0.15, 0.2) is 102 Å². The summed E-state index contributed by atoms with van der Waals surface area (Å²) in [5, 5.41) is 0.105. The van der Waals surface area contributed by atoms with E-state index in [9.17, 15) is 9.59 Å². The predicted molar refractivity (Wildman–Crippen MR) is 138 cm³/mol. The van der Waals surface area contributed by atoms with Gasteiger partial charge in [0.1, 0.15) is 17.9 Å². The minimum absolute atomic E-state index is 0.00275. The normalized spacial score (nSPS) is 13.8. The van der Waals surface area contributed by atoms with E-state index in [0.29, 0.717) is 33.8 Å². The van der Waals surface area contributed by atoms with Crippen molar-refractivity contribution in [1.82, 2.24) is 0 Å². The second-order valence-corrected chi connectivity index (χ2v) is 8.30. The summed E-state index contributed by atoms with van der Waals surface area (Å²) in [5.41, 5.74) is 1.84.